The van der Waals surface area contributed by atoms with Gasteiger partial charge in [-0.1, -0.05) is 35.9 Å². The zero-order valence-corrected chi connectivity index (χ0v) is 27.3. The van der Waals surface area contributed by atoms with Crippen LogP contribution in [0.5, 0.6) is 17.2 Å². The first kappa shape index (κ1) is 33.8. The molecule has 3 amide bonds. The monoisotopic (exact) mass is 709 g/mol. The van der Waals surface area contributed by atoms with Gasteiger partial charge in [-0.05, 0) is 71.2 Å². The lowest BCUT2D eigenvalue weighted by Gasteiger charge is -2.28. The molecule has 0 fully saturated rings. The van der Waals surface area contributed by atoms with Crippen molar-refractivity contribution in [1.29, 1.82) is 5.26 Å². The van der Waals surface area contributed by atoms with E-state index in [0.717, 1.165) is 5.56 Å². The first-order valence-corrected chi connectivity index (χ1v) is 15.0. The maximum absolute atomic E-state index is 12.6. The number of nitriles is 1. The highest BCUT2D eigenvalue weighted by atomic mass is 79.9. The zero-order valence-electron chi connectivity index (χ0n) is 25.0. The zero-order chi connectivity index (χ0) is 33.2. The number of hydrazone groups is 1. The minimum absolute atomic E-state index is 0.152. The molecule has 1 heterocycles. The molecule has 1 atom stereocenters. The van der Waals surface area contributed by atoms with Crippen LogP contribution in [0.15, 0.2) is 75.4 Å². The summed E-state index contributed by atoms with van der Waals surface area (Å²) in [4.78, 5) is 37.2. The molecule has 0 spiro atoms. The highest BCUT2D eigenvalue weighted by Gasteiger charge is 2.32. The average Bonchev–Trinajstić information content (AvgIpc) is 3.03. The molecule has 4 rings (SSSR count). The van der Waals surface area contributed by atoms with Crippen LogP contribution in [-0.2, 0) is 20.9 Å². The number of nitrogens with zero attached hydrogens (tertiary/aromatic N) is 2. The highest BCUT2D eigenvalue weighted by molar-refractivity contribution is 9.10. The molecular formula is C32H29BrClN5O7. The lowest BCUT2D eigenvalue weighted by Crippen LogP contribution is -2.45. The molecule has 0 aliphatic carbocycles. The number of benzene rings is 3. The summed E-state index contributed by atoms with van der Waals surface area (Å²) in [6.45, 7) is 3.25. The number of methoxy groups -OCH3 is 1. The molecule has 1 aliphatic rings. The first-order valence-electron chi connectivity index (χ1n) is 13.8. The van der Waals surface area contributed by atoms with Crippen LogP contribution in [0.3, 0.4) is 0 Å². The summed E-state index contributed by atoms with van der Waals surface area (Å²) in [5.74, 6) is -0.175. The lowest BCUT2D eigenvalue weighted by molar-refractivity contribution is -0.139. The number of hydrogen-bond donors (Lipinski definition) is 3. The molecular weight excluding hydrogens is 682 g/mol. The van der Waals surface area contributed by atoms with E-state index in [1.165, 1.54) is 13.3 Å². The Morgan fingerprint density at radius 3 is 2.65 bits per heavy atom. The van der Waals surface area contributed by atoms with Gasteiger partial charge in [0.25, 0.3) is 5.91 Å². The van der Waals surface area contributed by atoms with Gasteiger partial charge in [0, 0.05) is 11.3 Å². The first-order chi connectivity index (χ1) is 22.1. The Morgan fingerprint density at radius 2 is 1.93 bits per heavy atom. The van der Waals surface area contributed by atoms with Crippen LogP contribution in [0.4, 0.5) is 4.79 Å². The van der Waals surface area contributed by atoms with Crippen molar-refractivity contribution in [3.63, 3.8) is 0 Å². The fraction of sp³-hybridized carbons (Fsp3) is 0.219. The lowest BCUT2D eigenvalue weighted by atomic mass is 9.95. The van der Waals surface area contributed by atoms with E-state index in [4.69, 9.17) is 30.5 Å². The summed E-state index contributed by atoms with van der Waals surface area (Å²) in [7, 11) is 1.43. The molecule has 12 nitrogen and oxygen atoms in total. The van der Waals surface area contributed by atoms with Crippen LogP contribution in [-0.4, -0.2) is 44.4 Å². The van der Waals surface area contributed by atoms with E-state index < -0.39 is 23.9 Å². The Balaban J connectivity index is 1.36. The number of carbonyl (C=O) groups excluding carboxylic acids is 3. The van der Waals surface area contributed by atoms with Gasteiger partial charge in [0.05, 0.1) is 52.7 Å². The Bertz CT molecular complexity index is 1730. The summed E-state index contributed by atoms with van der Waals surface area (Å²) < 4.78 is 22.7. The fourth-order valence-corrected chi connectivity index (χ4v) is 5.45. The number of amides is 3. The number of esters is 1. The van der Waals surface area contributed by atoms with Gasteiger partial charge in [-0.15, -0.1) is 0 Å². The number of nitrogens with one attached hydrogen (secondary N) is 3. The van der Waals surface area contributed by atoms with Gasteiger partial charge < -0.3 is 29.6 Å². The van der Waals surface area contributed by atoms with Crippen LogP contribution in [0, 0.1) is 11.3 Å². The predicted molar refractivity (Wildman–Crippen MR) is 173 cm³/mol. The van der Waals surface area contributed by atoms with E-state index in [2.05, 4.69) is 43.2 Å². The third-order valence-electron chi connectivity index (χ3n) is 6.58. The summed E-state index contributed by atoms with van der Waals surface area (Å²) >= 11 is 9.87. The quantitative estimate of drug-likeness (QED) is 0.130. The smallest absolute Gasteiger partial charge is 0.338 e. The standard InChI is InChI=1S/C32H29BrClN5O7/c1-4-44-31(41)28-18(2)37-32(42)38-29(28)20-9-10-25(26(13-20)43-3)45-17-27(40)39-36-15-19-11-23(33)30(24(34)12-19)46-16-22-8-6-5-7-21(22)14-35/h5-13,15,29H,4,16-17H2,1-3H3,(H,39,40)(H2,37,38,42)/b36-15-/t29-/m0/s1. The van der Waals surface area contributed by atoms with Crippen molar-refractivity contribution < 1.29 is 33.3 Å². The maximum atomic E-state index is 12.6. The van der Waals surface area contributed by atoms with Crippen molar-refractivity contribution in [2.24, 2.45) is 5.10 Å². The Hall–Kier alpha value is -5.06. The van der Waals surface area contributed by atoms with Crippen LogP contribution in [0.1, 0.15) is 42.1 Å². The predicted octanol–water partition coefficient (Wildman–Crippen LogP) is 5.28. The van der Waals surface area contributed by atoms with Gasteiger partial charge in [0.15, 0.2) is 23.9 Å². The van der Waals surface area contributed by atoms with Gasteiger partial charge in [0.2, 0.25) is 0 Å². The fourth-order valence-electron chi connectivity index (χ4n) is 4.46. The molecule has 3 aromatic carbocycles. The molecule has 0 saturated heterocycles. The number of carbonyl (C=O) groups is 3. The summed E-state index contributed by atoms with van der Waals surface area (Å²) in [6.07, 6.45) is 1.41. The van der Waals surface area contributed by atoms with E-state index in [0.29, 0.717) is 37.6 Å². The van der Waals surface area contributed by atoms with Gasteiger partial charge in [-0.2, -0.15) is 10.4 Å². The number of allylic oxidation sites excluding steroid dienone is 1. The number of ether oxygens (including phenoxy) is 4. The normalized spacial score (nSPS) is 14.2. The number of halogens is 2. The van der Waals surface area contributed by atoms with E-state index in [1.807, 2.05) is 6.07 Å². The SMILES string of the molecule is CCOC(=O)C1=C(C)NC(=O)N[C@H]1c1ccc(OCC(=O)N/N=C\c2cc(Cl)c(OCc3ccccc3C#N)c(Br)c2)c(OC)c1. The topological polar surface area (TPSA) is 160 Å². The molecule has 1 aliphatic heterocycles. The minimum Gasteiger partial charge on any atom is -0.493 e. The van der Waals surface area contributed by atoms with Crippen LogP contribution < -0.4 is 30.3 Å². The molecule has 3 aromatic rings. The molecule has 0 saturated carbocycles. The second-order valence-corrected chi connectivity index (χ2v) is 10.9. The summed E-state index contributed by atoms with van der Waals surface area (Å²) in [5.41, 5.74) is 5.38. The van der Waals surface area contributed by atoms with E-state index in [9.17, 15) is 19.6 Å². The molecule has 14 heteroatoms. The van der Waals surface area contributed by atoms with E-state index in [-0.39, 0.29) is 36.9 Å². The molecule has 0 unspecified atom stereocenters. The van der Waals surface area contributed by atoms with Crippen molar-refractivity contribution in [1.82, 2.24) is 16.1 Å². The summed E-state index contributed by atoms with van der Waals surface area (Å²) in [6, 6.07) is 16.1. The van der Waals surface area contributed by atoms with Gasteiger partial charge >= 0.3 is 12.0 Å². The summed E-state index contributed by atoms with van der Waals surface area (Å²) in [5, 5.41) is 18.9. The third kappa shape index (κ3) is 8.35. The van der Waals surface area contributed by atoms with Gasteiger partial charge in [-0.25, -0.2) is 15.0 Å². The molecule has 238 valence electrons. The Labute approximate surface area is 278 Å². The molecule has 0 radical (unpaired) electrons. The molecule has 0 aromatic heterocycles. The van der Waals surface area contributed by atoms with Crippen molar-refractivity contribution in [2.45, 2.75) is 26.5 Å². The maximum Gasteiger partial charge on any atom is 0.338 e. The Kier molecular flexibility index (Phi) is 11.6. The van der Waals surface area contributed by atoms with Crippen LogP contribution >= 0.6 is 27.5 Å². The second-order valence-electron chi connectivity index (χ2n) is 9.65. The second kappa shape index (κ2) is 15.8. The van der Waals surface area contributed by atoms with E-state index in [1.54, 1.807) is 62.4 Å². The number of hydrogen-bond acceptors (Lipinski definition) is 9. The van der Waals surface area contributed by atoms with Crippen molar-refractivity contribution in [2.75, 3.05) is 20.3 Å². The van der Waals surface area contributed by atoms with Crippen LogP contribution in [0.25, 0.3) is 0 Å². The molecule has 46 heavy (non-hydrogen) atoms. The third-order valence-corrected chi connectivity index (χ3v) is 7.45. The highest BCUT2D eigenvalue weighted by Crippen LogP contribution is 2.36. The Morgan fingerprint density at radius 1 is 1.15 bits per heavy atom. The largest absolute Gasteiger partial charge is 0.493 e. The van der Waals surface area contributed by atoms with Crippen LogP contribution in [0.2, 0.25) is 5.02 Å². The minimum atomic E-state index is -0.789. The van der Waals surface area contributed by atoms with Gasteiger partial charge in [0.1, 0.15) is 6.61 Å². The number of urea groups is 1. The van der Waals surface area contributed by atoms with Crippen molar-refractivity contribution in [3.05, 3.63) is 97.6 Å². The average molecular weight is 711 g/mol. The van der Waals surface area contributed by atoms with E-state index >= 15 is 0 Å². The van der Waals surface area contributed by atoms with Crippen molar-refractivity contribution >= 4 is 51.7 Å². The molecule has 0 bridgehead atoms. The number of rotatable bonds is 12. The molecule has 3 N–H and O–H groups in total. The van der Waals surface area contributed by atoms with Gasteiger partial charge in [-0.3, -0.25) is 4.79 Å². The van der Waals surface area contributed by atoms with Crippen molar-refractivity contribution in [3.8, 4) is 23.3 Å².